The molecule has 2 aromatic carbocycles. The second kappa shape index (κ2) is 6.35. The van der Waals surface area contributed by atoms with Gasteiger partial charge in [-0.05, 0) is 24.3 Å². The van der Waals surface area contributed by atoms with Crippen LogP contribution < -0.4 is 0 Å². The molecule has 0 saturated carbocycles. The van der Waals surface area contributed by atoms with Crippen molar-refractivity contribution in [1.29, 1.82) is 5.26 Å². The minimum atomic E-state index is -0.498. The maximum atomic E-state index is 11.5. The molecule has 21 heavy (non-hydrogen) atoms. The van der Waals surface area contributed by atoms with Crippen LogP contribution >= 0.6 is 0 Å². The van der Waals surface area contributed by atoms with Crippen molar-refractivity contribution in [1.82, 2.24) is 0 Å². The highest BCUT2D eigenvalue weighted by molar-refractivity contribution is 5.85. The lowest BCUT2D eigenvalue weighted by Gasteiger charge is -2.09. The summed E-state index contributed by atoms with van der Waals surface area (Å²) >= 11 is 0. The zero-order valence-corrected chi connectivity index (χ0v) is 11.3. The van der Waals surface area contributed by atoms with Gasteiger partial charge < -0.3 is 4.74 Å². The number of hydrogen-bond donors (Lipinski definition) is 0. The van der Waals surface area contributed by atoms with Crippen LogP contribution in [0, 0.1) is 21.4 Å². The molecular weight excluding hydrogens is 268 g/mol. The minimum absolute atomic E-state index is 0.0725. The van der Waals surface area contributed by atoms with Crippen molar-refractivity contribution in [2.45, 2.75) is 0 Å². The highest BCUT2D eigenvalue weighted by Gasteiger charge is 2.25. The number of benzene rings is 2. The van der Waals surface area contributed by atoms with Crippen molar-refractivity contribution in [3.8, 4) is 6.07 Å². The van der Waals surface area contributed by atoms with Crippen LogP contribution in [-0.4, -0.2) is 12.0 Å². The molecule has 0 aliphatic carbocycles. The molecule has 0 aromatic heterocycles. The van der Waals surface area contributed by atoms with Gasteiger partial charge in [0.15, 0.2) is 0 Å². The van der Waals surface area contributed by atoms with E-state index in [1.165, 1.54) is 7.11 Å². The number of nitro groups is 1. The van der Waals surface area contributed by atoms with E-state index in [1.807, 2.05) is 6.07 Å². The van der Waals surface area contributed by atoms with Gasteiger partial charge in [0, 0.05) is 5.56 Å². The zero-order chi connectivity index (χ0) is 15.2. The van der Waals surface area contributed by atoms with E-state index in [1.54, 1.807) is 54.6 Å². The summed E-state index contributed by atoms with van der Waals surface area (Å²) in [4.78, 5) is 11.0. The Bertz CT molecular complexity index is 731. The summed E-state index contributed by atoms with van der Waals surface area (Å²) in [5.41, 5.74) is 0.982. The molecule has 0 bridgehead atoms. The van der Waals surface area contributed by atoms with E-state index in [-0.39, 0.29) is 11.5 Å². The second-order valence-corrected chi connectivity index (χ2v) is 4.16. The Morgan fingerprint density at radius 2 is 1.76 bits per heavy atom. The predicted octanol–water partition coefficient (Wildman–Crippen LogP) is 3.31. The third-order valence-electron chi connectivity index (χ3n) is 2.94. The molecule has 0 aliphatic heterocycles. The molecule has 5 nitrogen and oxygen atoms in total. The Labute approximate surface area is 121 Å². The first-order valence-electron chi connectivity index (χ1n) is 6.16. The maximum absolute atomic E-state index is 11.5. The second-order valence-electron chi connectivity index (χ2n) is 4.16. The molecule has 0 spiro atoms. The fourth-order valence-electron chi connectivity index (χ4n) is 2.03. The van der Waals surface area contributed by atoms with E-state index >= 15 is 0 Å². The fourth-order valence-corrected chi connectivity index (χ4v) is 2.03. The van der Waals surface area contributed by atoms with Gasteiger partial charge in [-0.2, -0.15) is 5.26 Å². The van der Waals surface area contributed by atoms with Crippen LogP contribution in [0.1, 0.15) is 16.7 Å². The molecule has 0 unspecified atom stereocenters. The molecule has 0 atom stereocenters. The minimum Gasteiger partial charge on any atom is -0.490 e. The molecule has 0 fully saturated rings. The van der Waals surface area contributed by atoms with E-state index < -0.39 is 4.92 Å². The monoisotopic (exact) mass is 280 g/mol. The topological polar surface area (TPSA) is 76.2 Å². The van der Waals surface area contributed by atoms with E-state index in [9.17, 15) is 10.1 Å². The molecule has 0 aliphatic rings. The molecule has 0 N–H and O–H groups in total. The van der Waals surface area contributed by atoms with Crippen LogP contribution in [-0.2, 0) is 4.74 Å². The van der Waals surface area contributed by atoms with E-state index in [4.69, 9.17) is 10.00 Å². The number of methoxy groups -OCH3 is 1. The summed E-state index contributed by atoms with van der Waals surface area (Å²) in [5.74, 6) is 0.0725. The standard InChI is InChI=1S/C16H12N2O3/c1-21-16(14-10-6-5-9-13(14)11-17)15(18(19)20)12-7-3-2-4-8-12/h2-10H,1H3. The van der Waals surface area contributed by atoms with Crippen molar-refractivity contribution in [2.75, 3.05) is 7.11 Å². The highest BCUT2D eigenvalue weighted by Crippen LogP contribution is 2.29. The average molecular weight is 280 g/mol. The number of nitrogens with zero attached hydrogens (tertiary/aromatic N) is 2. The van der Waals surface area contributed by atoms with Gasteiger partial charge in [-0.25, -0.2) is 0 Å². The maximum Gasteiger partial charge on any atom is 0.318 e. The van der Waals surface area contributed by atoms with Crippen molar-refractivity contribution in [3.63, 3.8) is 0 Å². The van der Waals surface area contributed by atoms with Gasteiger partial charge in [0.2, 0.25) is 5.76 Å². The number of rotatable bonds is 4. The smallest absolute Gasteiger partial charge is 0.318 e. The first kappa shape index (κ1) is 14.3. The van der Waals surface area contributed by atoms with Crippen LogP contribution in [0.25, 0.3) is 11.5 Å². The fraction of sp³-hybridized carbons (Fsp3) is 0.0625. The quantitative estimate of drug-likeness (QED) is 0.372. The molecule has 0 heterocycles. The van der Waals surface area contributed by atoms with Crippen LogP contribution in [0.4, 0.5) is 0 Å². The van der Waals surface area contributed by atoms with Gasteiger partial charge in [-0.3, -0.25) is 10.1 Å². The van der Waals surface area contributed by atoms with Crippen molar-refractivity contribution in [3.05, 3.63) is 81.4 Å². The Kier molecular flexibility index (Phi) is 4.32. The predicted molar refractivity (Wildman–Crippen MR) is 78.4 cm³/mol. The summed E-state index contributed by atoms with van der Waals surface area (Å²) in [7, 11) is 1.36. The van der Waals surface area contributed by atoms with E-state index in [0.717, 1.165) is 0 Å². The molecule has 0 amide bonds. The molecule has 104 valence electrons. The number of hydrogen-bond acceptors (Lipinski definition) is 4. The summed E-state index contributed by atoms with van der Waals surface area (Å²) in [6, 6.07) is 17.1. The summed E-state index contributed by atoms with van der Waals surface area (Å²) in [6.07, 6.45) is 0. The van der Waals surface area contributed by atoms with Gasteiger partial charge >= 0.3 is 5.70 Å². The van der Waals surface area contributed by atoms with Crippen molar-refractivity contribution >= 4 is 11.5 Å². The van der Waals surface area contributed by atoms with Crippen LogP contribution in [0.15, 0.2) is 54.6 Å². The van der Waals surface area contributed by atoms with Crippen molar-refractivity contribution < 1.29 is 9.66 Å². The van der Waals surface area contributed by atoms with E-state index in [2.05, 4.69) is 0 Å². The molecule has 0 radical (unpaired) electrons. The third kappa shape index (κ3) is 2.90. The zero-order valence-electron chi connectivity index (χ0n) is 11.3. The first-order valence-corrected chi connectivity index (χ1v) is 6.16. The van der Waals surface area contributed by atoms with Crippen LogP contribution in [0.5, 0.6) is 0 Å². The van der Waals surface area contributed by atoms with Gasteiger partial charge in [0.1, 0.15) is 0 Å². The number of ether oxygens (including phenoxy) is 1. The molecule has 2 aromatic rings. The van der Waals surface area contributed by atoms with Gasteiger partial charge in [0.25, 0.3) is 0 Å². The largest absolute Gasteiger partial charge is 0.490 e. The summed E-state index contributed by atoms with van der Waals surface area (Å²) in [6.45, 7) is 0. The normalized spacial score (nSPS) is 11.2. The lowest BCUT2D eigenvalue weighted by molar-refractivity contribution is -0.375. The van der Waals surface area contributed by atoms with Gasteiger partial charge in [-0.1, -0.05) is 30.3 Å². The Hall–Kier alpha value is -3.13. The van der Waals surface area contributed by atoms with Crippen LogP contribution in [0.3, 0.4) is 0 Å². The molecule has 0 saturated heterocycles. The summed E-state index contributed by atoms with van der Waals surface area (Å²) in [5, 5.41) is 20.6. The molecule has 5 heteroatoms. The lowest BCUT2D eigenvalue weighted by Crippen LogP contribution is -2.05. The van der Waals surface area contributed by atoms with Gasteiger partial charge in [-0.15, -0.1) is 0 Å². The van der Waals surface area contributed by atoms with Crippen LogP contribution in [0.2, 0.25) is 0 Å². The third-order valence-corrected chi connectivity index (χ3v) is 2.94. The Morgan fingerprint density at radius 1 is 1.14 bits per heavy atom. The average Bonchev–Trinajstić information content (AvgIpc) is 2.53. The summed E-state index contributed by atoms with van der Waals surface area (Å²) < 4.78 is 5.24. The first-order chi connectivity index (χ1) is 10.2. The van der Waals surface area contributed by atoms with E-state index in [0.29, 0.717) is 16.7 Å². The molecular formula is C16H12N2O3. The van der Waals surface area contributed by atoms with Crippen molar-refractivity contribution in [2.24, 2.45) is 0 Å². The van der Waals surface area contributed by atoms with Gasteiger partial charge in [0.05, 0.1) is 29.2 Å². The highest BCUT2D eigenvalue weighted by atomic mass is 16.6. The lowest BCUT2D eigenvalue weighted by atomic mass is 10.0. The SMILES string of the molecule is COC(=C(c1ccccc1)[N+](=O)[O-])c1ccccc1C#N. The Balaban J connectivity index is 2.75. The number of nitriles is 1. The molecule has 2 rings (SSSR count). The Morgan fingerprint density at radius 3 is 2.33 bits per heavy atom.